The SMILES string of the molecule is CC(C(=O)NC1N=C(c2ccc3c(c2)OCO3)c2ccccc2N(C)C1=O)C(O)c1ccc(F)c(F)c1. The Labute approximate surface area is 211 Å². The zero-order valence-electron chi connectivity index (χ0n) is 19.9. The molecule has 8 nitrogen and oxygen atoms in total. The van der Waals surface area contributed by atoms with Gasteiger partial charge in [0.15, 0.2) is 23.1 Å². The van der Waals surface area contributed by atoms with Gasteiger partial charge in [0.05, 0.1) is 23.4 Å². The normalized spacial score (nSPS) is 18.0. The number of anilines is 1. The second-order valence-corrected chi connectivity index (χ2v) is 8.78. The molecule has 2 aliphatic heterocycles. The molecule has 2 amide bonds. The number of rotatable bonds is 5. The maximum Gasteiger partial charge on any atom is 0.272 e. The van der Waals surface area contributed by atoms with Gasteiger partial charge in [0, 0.05) is 18.2 Å². The quantitative estimate of drug-likeness (QED) is 0.552. The van der Waals surface area contributed by atoms with Gasteiger partial charge >= 0.3 is 0 Å². The first-order valence-electron chi connectivity index (χ1n) is 11.5. The first kappa shape index (κ1) is 24.4. The summed E-state index contributed by atoms with van der Waals surface area (Å²) in [5, 5.41) is 13.2. The Bertz CT molecular complexity index is 1430. The molecule has 2 N–H and O–H groups in total. The lowest BCUT2D eigenvalue weighted by Crippen LogP contribution is -2.48. The van der Waals surface area contributed by atoms with Gasteiger partial charge in [-0.1, -0.05) is 31.2 Å². The van der Waals surface area contributed by atoms with Gasteiger partial charge in [-0.15, -0.1) is 0 Å². The summed E-state index contributed by atoms with van der Waals surface area (Å²) in [7, 11) is 1.58. The first-order chi connectivity index (χ1) is 17.7. The van der Waals surface area contributed by atoms with E-state index in [4.69, 9.17) is 9.47 Å². The van der Waals surface area contributed by atoms with Crippen LogP contribution in [0.5, 0.6) is 11.5 Å². The van der Waals surface area contributed by atoms with E-state index in [-0.39, 0.29) is 12.4 Å². The predicted octanol–water partition coefficient (Wildman–Crippen LogP) is 3.32. The molecule has 0 fully saturated rings. The van der Waals surface area contributed by atoms with Crippen molar-refractivity contribution in [1.29, 1.82) is 0 Å². The number of likely N-dealkylation sites (N-methyl/N-ethyl adjacent to an activating group) is 1. The molecule has 190 valence electrons. The molecule has 10 heteroatoms. The number of benzodiazepines with no additional fused rings is 1. The van der Waals surface area contributed by atoms with Crippen LogP contribution in [0.3, 0.4) is 0 Å². The van der Waals surface area contributed by atoms with E-state index < -0.39 is 41.6 Å². The topological polar surface area (TPSA) is 100 Å². The Morgan fingerprint density at radius 1 is 1.08 bits per heavy atom. The summed E-state index contributed by atoms with van der Waals surface area (Å²) in [5.74, 6) is -3.37. The first-order valence-corrected chi connectivity index (χ1v) is 11.5. The van der Waals surface area contributed by atoms with Crippen molar-refractivity contribution in [2.75, 3.05) is 18.7 Å². The average Bonchev–Trinajstić information content (AvgIpc) is 3.35. The fraction of sp³-hybridized carbons (Fsp3) is 0.222. The molecule has 0 aliphatic carbocycles. The van der Waals surface area contributed by atoms with Crippen LogP contribution in [0.15, 0.2) is 65.7 Å². The molecule has 0 saturated heterocycles. The number of halogens is 2. The van der Waals surface area contributed by atoms with Gasteiger partial charge in [0.25, 0.3) is 5.91 Å². The lowest BCUT2D eigenvalue weighted by Gasteiger charge is -2.23. The summed E-state index contributed by atoms with van der Waals surface area (Å²) in [4.78, 5) is 32.5. The van der Waals surface area contributed by atoms with Gasteiger partial charge in [0.1, 0.15) is 0 Å². The minimum Gasteiger partial charge on any atom is -0.454 e. The van der Waals surface area contributed by atoms with Gasteiger partial charge in [0.2, 0.25) is 18.9 Å². The molecule has 3 unspecified atom stereocenters. The van der Waals surface area contributed by atoms with Gasteiger partial charge in [-0.2, -0.15) is 0 Å². The van der Waals surface area contributed by atoms with Gasteiger partial charge in [-0.3, -0.25) is 9.59 Å². The van der Waals surface area contributed by atoms with Crippen molar-refractivity contribution in [1.82, 2.24) is 5.32 Å². The predicted molar refractivity (Wildman–Crippen MR) is 130 cm³/mol. The number of para-hydroxylation sites is 1. The van der Waals surface area contributed by atoms with E-state index >= 15 is 0 Å². The van der Waals surface area contributed by atoms with Gasteiger partial charge in [-0.25, -0.2) is 13.8 Å². The van der Waals surface area contributed by atoms with E-state index in [1.165, 1.54) is 17.9 Å². The maximum absolute atomic E-state index is 13.7. The Morgan fingerprint density at radius 3 is 2.62 bits per heavy atom. The molecule has 0 spiro atoms. The molecule has 3 atom stereocenters. The van der Waals surface area contributed by atoms with Crippen molar-refractivity contribution >= 4 is 23.2 Å². The van der Waals surface area contributed by atoms with E-state index in [9.17, 15) is 23.5 Å². The van der Waals surface area contributed by atoms with Crippen molar-refractivity contribution < 1.29 is 33.0 Å². The fourth-order valence-corrected chi connectivity index (χ4v) is 4.28. The summed E-state index contributed by atoms with van der Waals surface area (Å²) in [6.45, 7) is 1.52. The van der Waals surface area contributed by atoms with Crippen molar-refractivity contribution in [3.8, 4) is 11.5 Å². The number of aliphatic hydroxyl groups is 1. The number of hydrogen-bond donors (Lipinski definition) is 2. The molecule has 3 aromatic rings. The Hall–Kier alpha value is -4.31. The third-order valence-corrected chi connectivity index (χ3v) is 6.44. The molecule has 0 saturated carbocycles. The van der Waals surface area contributed by atoms with E-state index in [0.717, 1.165) is 12.1 Å². The van der Waals surface area contributed by atoms with Gasteiger partial charge < -0.3 is 24.8 Å². The largest absolute Gasteiger partial charge is 0.454 e. The van der Waals surface area contributed by atoms with Crippen LogP contribution in [-0.4, -0.2) is 42.6 Å². The Kier molecular flexibility index (Phi) is 6.34. The number of fused-ring (bicyclic) bond motifs is 2. The van der Waals surface area contributed by atoms with Crippen LogP contribution >= 0.6 is 0 Å². The summed E-state index contributed by atoms with van der Waals surface area (Å²) in [6, 6.07) is 15.4. The van der Waals surface area contributed by atoms with Crippen LogP contribution in [0.1, 0.15) is 29.7 Å². The van der Waals surface area contributed by atoms with Crippen molar-refractivity contribution in [2.45, 2.75) is 19.2 Å². The Morgan fingerprint density at radius 2 is 1.84 bits per heavy atom. The van der Waals surface area contributed by atoms with Crippen LogP contribution in [0, 0.1) is 17.6 Å². The number of aliphatic hydroxyl groups excluding tert-OH is 1. The summed E-state index contributed by atoms with van der Waals surface area (Å²) in [6.07, 6.45) is -2.76. The number of carbonyl (C=O) groups is 2. The minimum absolute atomic E-state index is 0.0304. The minimum atomic E-state index is -1.44. The van der Waals surface area contributed by atoms with E-state index in [0.29, 0.717) is 34.0 Å². The number of nitrogens with one attached hydrogen (secondary N) is 1. The molecule has 5 rings (SSSR count). The number of aliphatic imine (C=N–C) groups is 1. The lowest BCUT2D eigenvalue weighted by molar-refractivity contribution is -0.132. The highest BCUT2D eigenvalue weighted by atomic mass is 19.2. The number of nitrogens with zero attached hydrogens (tertiary/aromatic N) is 2. The molecule has 0 bridgehead atoms. The van der Waals surface area contributed by atoms with E-state index in [2.05, 4.69) is 10.3 Å². The van der Waals surface area contributed by atoms with Crippen molar-refractivity contribution in [3.05, 3.63) is 89.0 Å². The summed E-state index contributed by atoms with van der Waals surface area (Å²) in [5.41, 5.74) is 2.39. The highest BCUT2D eigenvalue weighted by Gasteiger charge is 2.34. The van der Waals surface area contributed by atoms with Crippen molar-refractivity contribution in [2.24, 2.45) is 10.9 Å². The molecule has 37 heavy (non-hydrogen) atoms. The van der Waals surface area contributed by atoms with Crippen LogP contribution in [0.25, 0.3) is 0 Å². The van der Waals surface area contributed by atoms with E-state index in [1.54, 1.807) is 37.4 Å². The molecule has 2 aliphatic rings. The number of ether oxygens (including phenoxy) is 2. The maximum atomic E-state index is 13.7. The highest BCUT2D eigenvalue weighted by molar-refractivity contribution is 6.20. The average molecular weight is 507 g/mol. The number of amides is 2. The van der Waals surface area contributed by atoms with Crippen LogP contribution < -0.4 is 19.7 Å². The standard InChI is InChI=1S/C27H23F2N3O5/c1-14(24(33)16-7-9-18(28)19(29)11-16)26(34)31-25-27(35)32(2)20-6-4-3-5-17(20)23(30-25)15-8-10-21-22(12-15)37-13-36-21/h3-12,14,24-25,33H,13H2,1-2H3,(H,31,34). The summed E-state index contributed by atoms with van der Waals surface area (Å²) >= 11 is 0. The van der Waals surface area contributed by atoms with Crippen LogP contribution in [0.2, 0.25) is 0 Å². The second kappa shape index (κ2) is 9.62. The third kappa shape index (κ3) is 4.51. The molecular formula is C27H23F2N3O5. The zero-order chi connectivity index (χ0) is 26.3. The highest BCUT2D eigenvalue weighted by Crippen LogP contribution is 2.35. The number of benzene rings is 3. The number of carbonyl (C=O) groups excluding carboxylic acids is 2. The van der Waals surface area contributed by atoms with Crippen LogP contribution in [0.4, 0.5) is 14.5 Å². The Balaban J connectivity index is 1.48. The second-order valence-electron chi connectivity index (χ2n) is 8.78. The molecule has 3 aromatic carbocycles. The lowest BCUT2D eigenvalue weighted by atomic mass is 9.96. The molecule has 2 heterocycles. The number of hydrogen-bond acceptors (Lipinski definition) is 6. The zero-order valence-corrected chi connectivity index (χ0v) is 19.9. The molecule has 0 radical (unpaired) electrons. The molecular weight excluding hydrogens is 484 g/mol. The van der Waals surface area contributed by atoms with E-state index in [1.807, 2.05) is 12.1 Å². The third-order valence-electron chi connectivity index (χ3n) is 6.44. The van der Waals surface area contributed by atoms with Crippen LogP contribution in [-0.2, 0) is 9.59 Å². The van der Waals surface area contributed by atoms with Crippen molar-refractivity contribution in [3.63, 3.8) is 0 Å². The summed E-state index contributed by atoms with van der Waals surface area (Å²) < 4.78 is 37.9. The fourth-order valence-electron chi connectivity index (χ4n) is 4.28. The smallest absolute Gasteiger partial charge is 0.272 e. The monoisotopic (exact) mass is 507 g/mol. The molecule has 0 aromatic heterocycles. The van der Waals surface area contributed by atoms with Gasteiger partial charge in [-0.05, 0) is 42.0 Å².